The van der Waals surface area contributed by atoms with Gasteiger partial charge in [0, 0.05) is 13.1 Å². The van der Waals surface area contributed by atoms with E-state index in [1.165, 1.54) is 11.1 Å². The first kappa shape index (κ1) is 13.3. The number of nitrogens with zero attached hydrogens (tertiary/aromatic N) is 1. The molecule has 1 aromatic rings. The molecule has 1 amide bonds. The third-order valence-electron chi connectivity index (χ3n) is 4.42. The minimum atomic E-state index is -0.136. The van der Waals surface area contributed by atoms with Crippen molar-refractivity contribution in [1.29, 1.82) is 0 Å². The van der Waals surface area contributed by atoms with E-state index in [2.05, 4.69) is 0 Å². The van der Waals surface area contributed by atoms with E-state index in [1.807, 2.05) is 11.0 Å². The van der Waals surface area contributed by atoms with Gasteiger partial charge < -0.3 is 4.90 Å². The van der Waals surface area contributed by atoms with Crippen molar-refractivity contribution in [2.24, 2.45) is 0 Å². The molecule has 18 heavy (non-hydrogen) atoms. The van der Waals surface area contributed by atoms with E-state index < -0.39 is 0 Å². The molecule has 0 bridgehead atoms. The summed E-state index contributed by atoms with van der Waals surface area (Å²) in [5.74, 6) is -0.136. The zero-order chi connectivity index (χ0) is 11.9. The number of carbonyl (C=O) groups excluding carboxylic acids is 1. The molecule has 0 saturated carbocycles. The SMILES string of the molecule is Cl.O=CN1CCC2(CCc3ccc(F)cc32)CC1. The first-order valence-corrected chi connectivity index (χ1v) is 6.22. The number of carbonyl (C=O) groups is 1. The number of rotatable bonds is 1. The lowest BCUT2D eigenvalue weighted by Crippen LogP contribution is -2.40. The standard InChI is InChI=1S/C14H16FNO.ClH/c15-12-2-1-11-3-4-14(13(11)9-12)5-7-16(10-17)8-6-14;/h1-2,9-10H,3-8H2;1H. The minimum absolute atomic E-state index is 0. The number of aryl methyl sites for hydroxylation is 1. The molecule has 98 valence electrons. The summed E-state index contributed by atoms with van der Waals surface area (Å²) in [5.41, 5.74) is 2.63. The van der Waals surface area contributed by atoms with Crippen molar-refractivity contribution in [3.05, 3.63) is 35.1 Å². The molecule has 3 rings (SSSR count). The van der Waals surface area contributed by atoms with Gasteiger partial charge in [0.25, 0.3) is 0 Å². The summed E-state index contributed by atoms with van der Waals surface area (Å²) in [6.07, 6.45) is 5.04. The third kappa shape index (κ3) is 2.01. The Labute approximate surface area is 113 Å². The Kier molecular flexibility index (Phi) is 3.62. The van der Waals surface area contributed by atoms with Gasteiger partial charge in [-0.1, -0.05) is 6.07 Å². The molecular weight excluding hydrogens is 253 g/mol. The molecule has 1 spiro atoms. The average Bonchev–Trinajstić information content (AvgIpc) is 2.70. The fraction of sp³-hybridized carbons (Fsp3) is 0.500. The number of benzene rings is 1. The lowest BCUT2D eigenvalue weighted by atomic mass is 9.74. The van der Waals surface area contributed by atoms with Crippen LogP contribution in [0.25, 0.3) is 0 Å². The molecule has 1 aliphatic carbocycles. The van der Waals surface area contributed by atoms with Gasteiger partial charge in [-0.25, -0.2) is 4.39 Å². The van der Waals surface area contributed by atoms with Crippen LogP contribution in [0.15, 0.2) is 18.2 Å². The van der Waals surface area contributed by atoms with Crippen LogP contribution in [0.5, 0.6) is 0 Å². The molecule has 1 saturated heterocycles. The lowest BCUT2D eigenvalue weighted by molar-refractivity contribution is -0.119. The molecule has 0 N–H and O–H groups in total. The molecule has 1 heterocycles. The van der Waals surface area contributed by atoms with Crippen molar-refractivity contribution in [2.45, 2.75) is 31.1 Å². The summed E-state index contributed by atoms with van der Waals surface area (Å²) in [7, 11) is 0. The quantitative estimate of drug-likeness (QED) is 0.718. The van der Waals surface area contributed by atoms with Crippen LogP contribution in [0.2, 0.25) is 0 Å². The molecule has 1 fully saturated rings. The van der Waals surface area contributed by atoms with Crippen LogP contribution >= 0.6 is 12.4 Å². The maximum Gasteiger partial charge on any atom is 0.209 e. The highest BCUT2D eigenvalue weighted by molar-refractivity contribution is 5.85. The molecule has 2 nitrogen and oxygen atoms in total. The number of likely N-dealkylation sites (tertiary alicyclic amines) is 1. The maximum atomic E-state index is 13.4. The Morgan fingerprint density at radius 3 is 2.61 bits per heavy atom. The second kappa shape index (κ2) is 4.88. The lowest BCUT2D eigenvalue weighted by Gasteiger charge is -2.38. The van der Waals surface area contributed by atoms with Gasteiger partial charge in [-0.3, -0.25) is 4.79 Å². The third-order valence-corrected chi connectivity index (χ3v) is 4.42. The van der Waals surface area contributed by atoms with Crippen LogP contribution in [0, 0.1) is 5.82 Å². The summed E-state index contributed by atoms with van der Waals surface area (Å²) < 4.78 is 13.4. The van der Waals surface area contributed by atoms with E-state index in [1.54, 1.807) is 12.1 Å². The van der Waals surface area contributed by atoms with Gasteiger partial charge >= 0.3 is 0 Å². The largest absolute Gasteiger partial charge is 0.345 e. The molecule has 0 aromatic heterocycles. The predicted molar refractivity (Wildman–Crippen MR) is 70.5 cm³/mol. The molecule has 0 atom stereocenters. The van der Waals surface area contributed by atoms with Crippen LogP contribution in [0.3, 0.4) is 0 Å². The fourth-order valence-corrected chi connectivity index (χ4v) is 3.35. The van der Waals surface area contributed by atoms with Crippen LogP contribution in [0.1, 0.15) is 30.4 Å². The van der Waals surface area contributed by atoms with Crippen molar-refractivity contribution in [3.8, 4) is 0 Å². The van der Waals surface area contributed by atoms with E-state index >= 15 is 0 Å². The topological polar surface area (TPSA) is 20.3 Å². The van der Waals surface area contributed by atoms with Crippen LogP contribution in [-0.2, 0) is 16.6 Å². The Morgan fingerprint density at radius 2 is 1.94 bits per heavy atom. The van der Waals surface area contributed by atoms with Gasteiger partial charge in [0.05, 0.1) is 0 Å². The van der Waals surface area contributed by atoms with E-state index in [4.69, 9.17) is 0 Å². The number of piperidine rings is 1. The fourth-order valence-electron chi connectivity index (χ4n) is 3.35. The highest BCUT2D eigenvalue weighted by Crippen LogP contribution is 2.46. The van der Waals surface area contributed by atoms with E-state index in [9.17, 15) is 9.18 Å². The van der Waals surface area contributed by atoms with E-state index in [-0.39, 0.29) is 23.6 Å². The highest BCUT2D eigenvalue weighted by atomic mass is 35.5. The van der Waals surface area contributed by atoms with Gasteiger partial charge in [-0.2, -0.15) is 0 Å². The molecule has 0 radical (unpaired) electrons. The first-order valence-electron chi connectivity index (χ1n) is 6.22. The monoisotopic (exact) mass is 269 g/mol. The van der Waals surface area contributed by atoms with Crippen molar-refractivity contribution in [2.75, 3.05) is 13.1 Å². The van der Waals surface area contributed by atoms with E-state index in [0.29, 0.717) is 0 Å². The van der Waals surface area contributed by atoms with Crippen molar-refractivity contribution >= 4 is 18.8 Å². The molecular formula is C14H17ClFNO. The van der Waals surface area contributed by atoms with Crippen molar-refractivity contribution in [3.63, 3.8) is 0 Å². The second-order valence-corrected chi connectivity index (χ2v) is 5.22. The van der Waals surface area contributed by atoms with Crippen LogP contribution < -0.4 is 0 Å². The number of fused-ring (bicyclic) bond motifs is 2. The smallest absolute Gasteiger partial charge is 0.209 e. The van der Waals surface area contributed by atoms with Crippen LogP contribution in [-0.4, -0.2) is 24.4 Å². The predicted octanol–water partition coefficient (Wildman–Crippen LogP) is 2.68. The van der Waals surface area contributed by atoms with Crippen LogP contribution in [0.4, 0.5) is 4.39 Å². The molecule has 4 heteroatoms. The zero-order valence-corrected chi connectivity index (χ0v) is 11.0. The Morgan fingerprint density at radius 1 is 1.22 bits per heavy atom. The number of amides is 1. The van der Waals surface area contributed by atoms with Gasteiger partial charge in [-0.05, 0) is 54.4 Å². The summed E-state index contributed by atoms with van der Waals surface area (Å²) in [4.78, 5) is 12.6. The Balaban J connectivity index is 0.00000120. The Bertz CT molecular complexity index is 455. The van der Waals surface area contributed by atoms with E-state index in [0.717, 1.165) is 45.2 Å². The number of hydrogen-bond donors (Lipinski definition) is 0. The van der Waals surface area contributed by atoms with Gasteiger partial charge in [0.15, 0.2) is 0 Å². The van der Waals surface area contributed by atoms with Gasteiger partial charge in [0.1, 0.15) is 5.82 Å². The minimum Gasteiger partial charge on any atom is -0.345 e. The summed E-state index contributed by atoms with van der Waals surface area (Å²) in [6.45, 7) is 1.61. The normalized spacial score (nSPS) is 20.4. The highest BCUT2D eigenvalue weighted by Gasteiger charge is 2.41. The van der Waals surface area contributed by atoms with Crippen molar-refractivity contribution in [1.82, 2.24) is 4.90 Å². The average molecular weight is 270 g/mol. The molecule has 1 aromatic carbocycles. The van der Waals surface area contributed by atoms with Gasteiger partial charge in [-0.15, -0.1) is 12.4 Å². The summed E-state index contributed by atoms with van der Waals surface area (Å²) in [6, 6.07) is 5.18. The zero-order valence-electron chi connectivity index (χ0n) is 10.2. The number of halogens is 2. The molecule has 0 unspecified atom stereocenters. The second-order valence-electron chi connectivity index (χ2n) is 5.22. The first-order chi connectivity index (χ1) is 8.23. The Hall–Kier alpha value is -1.09. The molecule has 1 aliphatic heterocycles. The molecule has 2 aliphatic rings. The van der Waals surface area contributed by atoms with Gasteiger partial charge in [0.2, 0.25) is 6.41 Å². The maximum absolute atomic E-state index is 13.4. The van der Waals surface area contributed by atoms with Crippen molar-refractivity contribution < 1.29 is 9.18 Å². The number of hydrogen-bond acceptors (Lipinski definition) is 1. The summed E-state index contributed by atoms with van der Waals surface area (Å²) in [5, 5.41) is 0. The summed E-state index contributed by atoms with van der Waals surface area (Å²) >= 11 is 0.